The van der Waals surface area contributed by atoms with Crippen molar-refractivity contribution in [3.8, 4) is 11.4 Å². The van der Waals surface area contributed by atoms with E-state index >= 15 is 0 Å². The smallest absolute Gasteiger partial charge is 0.322 e. The van der Waals surface area contributed by atoms with Crippen molar-refractivity contribution in [3.05, 3.63) is 113 Å². The Labute approximate surface area is 203 Å². The summed E-state index contributed by atoms with van der Waals surface area (Å²) in [6.07, 6.45) is 0.945. The van der Waals surface area contributed by atoms with E-state index in [1.54, 1.807) is 18.2 Å². The monoisotopic (exact) mass is 468 g/mol. The third-order valence-corrected chi connectivity index (χ3v) is 6.29. The highest BCUT2D eigenvalue weighted by Crippen LogP contribution is 2.38. The quantitative estimate of drug-likeness (QED) is 0.369. The van der Waals surface area contributed by atoms with Crippen molar-refractivity contribution < 1.29 is 13.7 Å². The molecule has 4 aromatic rings. The van der Waals surface area contributed by atoms with Gasteiger partial charge in [-0.15, -0.1) is 0 Å². The Bertz CT molecular complexity index is 1380. The highest BCUT2D eigenvalue weighted by Gasteiger charge is 2.36. The van der Waals surface area contributed by atoms with Gasteiger partial charge in [-0.25, -0.2) is 9.18 Å². The highest BCUT2D eigenvalue weighted by molar-refractivity contribution is 5.86. The summed E-state index contributed by atoms with van der Waals surface area (Å²) in [5.74, 6) is 0.409. The van der Waals surface area contributed by atoms with Gasteiger partial charge in [0, 0.05) is 16.8 Å². The molecule has 5 rings (SSSR count). The van der Waals surface area contributed by atoms with Gasteiger partial charge < -0.3 is 9.84 Å². The van der Waals surface area contributed by atoms with E-state index in [1.807, 2.05) is 61.5 Å². The van der Waals surface area contributed by atoms with Gasteiger partial charge in [0.05, 0.1) is 18.2 Å². The number of aromatic nitrogens is 2. The molecule has 1 aliphatic heterocycles. The van der Waals surface area contributed by atoms with Crippen LogP contribution >= 0.6 is 0 Å². The third kappa shape index (κ3) is 4.45. The van der Waals surface area contributed by atoms with E-state index in [0.717, 1.165) is 17.5 Å². The number of nitrogens with one attached hydrogen (secondary N) is 1. The van der Waals surface area contributed by atoms with Crippen LogP contribution in [0.1, 0.15) is 42.5 Å². The zero-order valence-corrected chi connectivity index (χ0v) is 19.5. The van der Waals surface area contributed by atoms with Crippen LogP contribution in [0.2, 0.25) is 0 Å². The van der Waals surface area contributed by atoms with Crippen LogP contribution in [0.15, 0.2) is 89.1 Å². The topological polar surface area (TPSA) is 71.3 Å². The van der Waals surface area contributed by atoms with E-state index < -0.39 is 6.04 Å². The molecule has 3 aromatic carbocycles. The van der Waals surface area contributed by atoms with Crippen molar-refractivity contribution in [2.45, 2.75) is 32.9 Å². The lowest BCUT2D eigenvalue weighted by Crippen LogP contribution is -2.45. The first-order chi connectivity index (χ1) is 17.0. The lowest BCUT2D eigenvalue weighted by molar-refractivity contribution is 0.202. The van der Waals surface area contributed by atoms with Gasteiger partial charge in [0.25, 0.3) is 5.89 Å². The Balaban J connectivity index is 1.58. The minimum absolute atomic E-state index is 0.0782. The number of aryl methyl sites for hydroxylation is 1. The standard InChI is InChI=1S/C28H25FN4O2/c1-3-19-13-15-21(16-14-19)26-31-27(35-32-26)24-18(2)33(17-22-11-7-8-12-23(22)29)28(34)30-25(24)20-9-5-4-6-10-20/h4-16,25H,3,17H2,1-2H3,(H,30,34). The summed E-state index contributed by atoms with van der Waals surface area (Å²) >= 11 is 0. The number of allylic oxidation sites excluding steroid dienone is 1. The zero-order valence-electron chi connectivity index (χ0n) is 19.5. The average molecular weight is 469 g/mol. The maximum Gasteiger partial charge on any atom is 0.322 e. The van der Waals surface area contributed by atoms with E-state index in [4.69, 9.17) is 4.52 Å². The molecule has 1 atom stereocenters. The van der Waals surface area contributed by atoms with Crippen LogP contribution in [0.4, 0.5) is 9.18 Å². The Morgan fingerprint density at radius 3 is 2.43 bits per heavy atom. The number of halogens is 1. The number of nitrogens with zero attached hydrogens (tertiary/aromatic N) is 3. The summed E-state index contributed by atoms with van der Waals surface area (Å²) in [5, 5.41) is 7.25. The number of carbonyl (C=O) groups excluding carboxylic acids is 1. The van der Waals surface area contributed by atoms with Crippen LogP contribution < -0.4 is 5.32 Å². The van der Waals surface area contributed by atoms with Crippen molar-refractivity contribution in [1.82, 2.24) is 20.4 Å². The fraction of sp³-hybridized carbons (Fsp3) is 0.179. The molecule has 35 heavy (non-hydrogen) atoms. The first kappa shape index (κ1) is 22.5. The fourth-order valence-electron chi connectivity index (χ4n) is 4.28. The lowest BCUT2D eigenvalue weighted by Gasteiger charge is -2.35. The first-order valence-corrected chi connectivity index (χ1v) is 11.6. The molecule has 0 spiro atoms. The predicted molar refractivity (Wildman–Crippen MR) is 131 cm³/mol. The van der Waals surface area contributed by atoms with Gasteiger partial charge >= 0.3 is 6.03 Å². The van der Waals surface area contributed by atoms with Gasteiger partial charge in [-0.1, -0.05) is 84.9 Å². The van der Waals surface area contributed by atoms with E-state index in [0.29, 0.717) is 28.5 Å². The summed E-state index contributed by atoms with van der Waals surface area (Å²) < 4.78 is 20.1. The molecule has 1 N–H and O–H groups in total. The van der Waals surface area contributed by atoms with Gasteiger partial charge in [0.1, 0.15) is 5.82 Å². The van der Waals surface area contributed by atoms with E-state index in [2.05, 4.69) is 22.4 Å². The molecule has 0 fully saturated rings. The normalized spacial score (nSPS) is 15.9. The van der Waals surface area contributed by atoms with Crippen molar-refractivity contribution in [1.29, 1.82) is 0 Å². The maximum atomic E-state index is 14.4. The summed E-state index contributed by atoms with van der Waals surface area (Å²) in [5.41, 5.74) is 4.67. The summed E-state index contributed by atoms with van der Waals surface area (Å²) in [6, 6.07) is 23.3. The fourth-order valence-corrected chi connectivity index (χ4v) is 4.28. The highest BCUT2D eigenvalue weighted by atomic mass is 19.1. The Kier molecular flexibility index (Phi) is 6.14. The van der Waals surface area contributed by atoms with Crippen molar-refractivity contribution >= 4 is 11.6 Å². The van der Waals surface area contributed by atoms with E-state index in [1.165, 1.54) is 16.5 Å². The predicted octanol–water partition coefficient (Wildman–Crippen LogP) is 6.14. The van der Waals surface area contributed by atoms with Gasteiger partial charge in [-0.2, -0.15) is 4.98 Å². The molecule has 1 unspecified atom stereocenters. The molecule has 176 valence electrons. The molecule has 0 saturated carbocycles. The second-order valence-corrected chi connectivity index (χ2v) is 8.44. The third-order valence-electron chi connectivity index (χ3n) is 6.29. The largest absolute Gasteiger partial charge is 0.334 e. The number of urea groups is 1. The van der Waals surface area contributed by atoms with Gasteiger partial charge in [-0.3, -0.25) is 4.90 Å². The lowest BCUT2D eigenvalue weighted by atomic mass is 9.94. The van der Waals surface area contributed by atoms with Gasteiger partial charge in [0.2, 0.25) is 5.82 Å². The molecule has 1 aromatic heterocycles. The minimum atomic E-state index is -0.490. The molecular formula is C28H25FN4O2. The maximum absolute atomic E-state index is 14.4. The summed E-state index contributed by atoms with van der Waals surface area (Å²) in [4.78, 5) is 19.3. The number of rotatable bonds is 6. The number of hydrogen-bond donors (Lipinski definition) is 1. The van der Waals surface area contributed by atoms with Crippen LogP contribution in [0.25, 0.3) is 17.0 Å². The van der Waals surface area contributed by atoms with Gasteiger partial charge in [-0.05, 0) is 30.5 Å². The van der Waals surface area contributed by atoms with Crippen molar-refractivity contribution in [3.63, 3.8) is 0 Å². The summed E-state index contributed by atoms with van der Waals surface area (Å²) in [6.45, 7) is 4.00. The SMILES string of the molecule is CCc1ccc(-c2noc(C3=C(C)N(Cc4ccccc4F)C(=O)NC3c3ccccc3)n2)cc1. The molecule has 2 amide bonds. The van der Waals surface area contributed by atoms with Crippen LogP contribution in [-0.4, -0.2) is 21.1 Å². The number of carbonyl (C=O) groups is 1. The summed E-state index contributed by atoms with van der Waals surface area (Å²) in [7, 11) is 0. The van der Waals surface area contributed by atoms with E-state index in [9.17, 15) is 9.18 Å². The molecule has 1 aliphatic rings. The van der Waals surface area contributed by atoms with Crippen LogP contribution in [0.3, 0.4) is 0 Å². The van der Waals surface area contributed by atoms with Crippen molar-refractivity contribution in [2.75, 3.05) is 0 Å². The van der Waals surface area contributed by atoms with Crippen LogP contribution in [0.5, 0.6) is 0 Å². The Morgan fingerprint density at radius 1 is 1.00 bits per heavy atom. The molecule has 0 aliphatic carbocycles. The van der Waals surface area contributed by atoms with Crippen LogP contribution in [-0.2, 0) is 13.0 Å². The number of benzene rings is 3. The Hall–Kier alpha value is -4.26. The first-order valence-electron chi connectivity index (χ1n) is 11.6. The Morgan fingerprint density at radius 2 is 1.71 bits per heavy atom. The molecule has 7 heteroatoms. The van der Waals surface area contributed by atoms with Crippen LogP contribution in [0, 0.1) is 5.82 Å². The molecule has 0 bridgehead atoms. The number of amides is 2. The second kappa shape index (κ2) is 9.54. The molecule has 6 nitrogen and oxygen atoms in total. The number of hydrogen-bond acceptors (Lipinski definition) is 4. The van der Waals surface area contributed by atoms with E-state index in [-0.39, 0.29) is 18.4 Å². The average Bonchev–Trinajstić information content (AvgIpc) is 3.37. The molecule has 2 heterocycles. The van der Waals surface area contributed by atoms with Gasteiger partial charge in [0.15, 0.2) is 0 Å². The van der Waals surface area contributed by atoms with Crippen molar-refractivity contribution in [2.24, 2.45) is 0 Å². The minimum Gasteiger partial charge on any atom is -0.334 e. The second-order valence-electron chi connectivity index (χ2n) is 8.44. The molecule has 0 saturated heterocycles. The zero-order chi connectivity index (χ0) is 24.4. The molecule has 0 radical (unpaired) electrons. The molecular weight excluding hydrogens is 443 g/mol.